The Morgan fingerprint density at radius 1 is 1.21 bits per heavy atom. The summed E-state index contributed by atoms with van der Waals surface area (Å²) in [5.74, 6) is -0.135. The summed E-state index contributed by atoms with van der Waals surface area (Å²) in [4.78, 5) is 23.5. The third kappa shape index (κ3) is 3.96. The zero-order valence-electron chi connectivity index (χ0n) is 15.1. The smallest absolute Gasteiger partial charge is 0.271 e. The lowest BCUT2D eigenvalue weighted by molar-refractivity contribution is -0.384. The van der Waals surface area contributed by atoms with Gasteiger partial charge in [0.05, 0.1) is 16.3 Å². The van der Waals surface area contributed by atoms with Gasteiger partial charge in [-0.05, 0) is 47.6 Å². The first-order valence-corrected chi connectivity index (χ1v) is 7.99. The molecular formula is C17H26N4O3. The number of nitro groups is 1. The number of benzene rings is 1. The molecule has 24 heavy (non-hydrogen) atoms. The van der Waals surface area contributed by atoms with Crippen LogP contribution in [0.1, 0.15) is 48.0 Å². The summed E-state index contributed by atoms with van der Waals surface area (Å²) in [7, 11) is 0. The molecule has 2 rings (SSSR count). The lowest BCUT2D eigenvalue weighted by Crippen LogP contribution is -2.57. The Morgan fingerprint density at radius 2 is 1.83 bits per heavy atom. The summed E-state index contributed by atoms with van der Waals surface area (Å²) in [5, 5.41) is 20.7. The molecule has 0 saturated carbocycles. The van der Waals surface area contributed by atoms with Crippen molar-refractivity contribution in [2.24, 2.45) is 0 Å². The maximum Gasteiger partial charge on any atom is 0.271 e. The number of nitrogens with zero attached hydrogens (tertiary/aromatic N) is 1. The molecule has 1 heterocycles. The fourth-order valence-electron chi connectivity index (χ4n) is 3.11. The van der Waals surface area contributed by atoms with E-state index in [1.807, 2.05) is 41.5 Å². The Labute approximate surface area is 142 Å². The summed E-state index contributed by atoms with van der Waals surface area (Å²) in [6.07, 6.45) is 0.518. The normalized spacial score (nSPS) is 22.4. The Kier molecular flexibility index (Phi) is 4.24. The molecule has 1 aromatic carbocycles. The van der Waals surface area contributed by atoms with E-state index in [1.165, 1.54) is 12.1 Å². The van der Waals surface area contributed by atoms with Crippen molar-refractivity contribution in [3.8, 4) is 0 Å². The van der Waals surface area contributed by atoms with Crippen LogP contribution in [0.4, 0.5) is 17.1 Å². The molecule has 0 radical (unpaired) electrons. The van der Waals surface area contributed by atoms with E-state index in [2.05, 4.69) is 16.0 Å². The molecule has 132 valence electrons. The minimum Gasteiger partial charge on any atom is -0.378 e. The fourth-order valence-corrected chi connectivity index (χ4v) is 3.11. The van der Waals surface area contributed by atoms with Gasteiger partial charge in [-0.15, -0.1) is 0 Å². The van der Waals surface area contributed by atoms with Crippen molar-refractivity contribution in [2.75, 3.05) is 10.6 Å². The van der Waals surface area contributed by atoms with Gasteiger partial charge in [-0.3, -0.25) is 14.9 Å². The van der Waals surface area contributed by atoms with Crippen LogP contribution in [0.5, 0.6) is 0 Å². The molecule has 3 N–H and O–H groups in total. The highest BCUT2D eigenvalue weighted by molar-refractivity contribution is 5.92. The van der Waals surface area contributed by atoms with Gasteiger partial charge in [0.15, 0.2) is 0 Å². The van der Waals surface area contributed by atoms with Gasteiger partial charge in [-0.25, -0.2) is 0 Å². The number of nitro benzene ring substituents is 1. The molecule has 1 aliphatic heterocycles. The number of carbonyl (C=O) groups excluding carboxylic acids is 1. The maximum absolute atomic E-state index is 12.9. The number of hydrogen-bond acceptors (Lipinski definition) is 5. The monoisotopic (exact) mass is 334 g/mol. The number of rotatable bonds is 2. The quantitative estimate of drug-likeness (QED) is 0.570. The number of fused-ring (bicyclic) bond motifs is 1. The van der Waals surface area contributed by atoms with E-state index in [9.17, 15) is 14.9 Å². The second-order valence-corrected chi connectivity index (χ2v) is 8.33. The molecule has 1 atom stereocenters. The fraction of sp³-hybridized carbons (Fsp3) is 0.588. The highest BCUT2D eigenvalue weighted by Crippen LogP contribution is 2.38. The lowest BCUT2D eigenvalue weighted by Gasteiger charge is -2.37. The zero-order valence-corrected chi connectivity index (χ0v) is 15.1. The second-order valence-electron chi connectivity index (χ2n) is 8.33. The number of nitrogens with one attached hydrogen (secondary N) is 3. The molecule has 0 aliphatic carbocycles. The van der Waals surface area contributed by atoms with E-state index in [1.54, 1.807) is 6.07 Å². The van der Waals surface area contributed by atoms with Gasteiger partial charge < -0.3 is 16.0 Å². The third-order valence-corrected chi connectivity index (χ3v) is 3.88. The van der Waals surface area contributed by atoms with Crippen LogP contribution < -0.4 is 16.0 Å². The highest BCUT2D eigenvalue weighted by atomic mass is 16.6. The molecule has 1 aliphatic rings. The highest BCUT2D eigenvalue weighted by Gasteiger charge is 2.43. The summed E-state index contributed by atoms with van der Waals surface area (Å²) in [5.41, 5.74) is -0.333. The number of non-ortho nitro benzene ring substituents is 1. The molecule has 0 fully saturated rings. The molecule has 7 heteroatoms. The molecule has 0 saturated heterocycles. The standard InChI is InChI=1S/C17H26N4O3/c1-15(2,3)20-14(22)17(6)10-16(4,5)18-12-8-7-11(21(23)24)9-13(12)19-17/h7-9,18-19H,10H2,1-6H3,(H,20,22). The number of hydrogen-bond donors (Lipinski definition) is 3. The first kappa shape index (κ1) is 18.0. The minimum atomic E-state index is -0.899. The molecule has 1 amide bonds. The third-order valence-electron chi connectivity index (χ3n) is 3.88. The van der Waals surface area contributed by atoms with Crippen LogP contribution in [0.15, 0.2) is 18.2 Å². The van der Waals surface area contributed by atoms with Crippen molar-refractivity contribution < 1.29 is 9.72 Å². The maximum atomic E-state index is 12.9. The molecule has 1 aromatic rings. The van der Waals surface area contributed by atoms with Gasteiger partial charge >= 0.3 is 0 Å². The molecule has 1 unspecified atom stereocenters. The van der Waals surface area contributed by atoms with Crippen LogP contribution in [-0.4, -0.2) is 27.4 Å². The summed E-state index contributed by atoms with van der Waals surface area (Å²) >= 11 is 0. The Hall–Kier alpha value is -2.31. The second kappa shape index (κ2) is 5.65. The van der Waals surface area contributed by atoms with Crippen LogP contribution in [0.2, 0.25) is 0 Å². The first-order chi connectivity index (χ1) is 10.8. The number of anilines is 2. The average molecular weight is 334 g/mol. The van der Waals surface area contributed by atoms with E-state index in [0.29, 0.717) is 12.1 Å². The van der Waals surface area contributed by atoms with E-state index in [4.69, 9.17) is 0 Å². The van der Waals surface area contributed by atoms with Gasteiger partial charge in [0, 0.05) is 29.6 Å². The molecule has 7 nitrogen and oxygen atoms in total. The van der Waals surface area contributed by atoms with Crippen LogP contribution in [0.3, 0.4) is 0 Å². The average Bonchev–Trinajstić information content (AvgIpc) is 2.47. The molecular weight excluding hydrogens is 308 g/mol. The largest absolute Gasteiger partial charge is 0.378 e. The van der Waals surface area contributed by atoms with E-state index in [-0.39, 0.29) is 22.7 Å². The molecule has 0 bridgehead atoms. The van der Waals surface area contributed by atoms with Crippen molar-refractivity contribution in [1.29, 1.82) is 0 Å². The van der Waals surface area contributed by atoms with Gasteiger partial charge in [-0.1, -0.05) is 0 Å². The van der Waals surface area contributed by atoms with Gasteiger partial charge in [0.1, 0.15) is 5.54 Å². The van der Waals surface area contributed by atoms with Crippen molar-refractivity contribution in [2.45, 2.75) is 64.6 Å². The number of carbonyl (C=O) groups is 1. The van der Waals surface area contributed by atoms with E-state index >= 15 is 0 Å². The predicted octanol–water partition coefficient (Wildman–Crippen LogP) is 3.27. The van der Waals surface area contributed by atoms with Crippen LogP contribution in [0.25, 0.3) is 0 Å². The Morgan fingerprint density at radius 3 is 2.38 bits per heavy atom. The zero-order chi connectivity index (χ0) is 18.3. The summed E-state index contributed by atoms with van der Waals surface area (Å²) in [6.45, 7) is 11.6. The van der Waals surface area contributed by atoms with Crippen molar-refractivity contribution in [1.82, 2.24) is 5.32 Å². The summed E-state index contributed by atoms with van der Waals surface area (Å²) < 4.78 is 0. The van der Waals surface area contributed by atoms with E-state index in [0.717, 1.165) is 5.69 Å². The number of amides is 1. The molecule has 0 spiro atoms. The van der Waals surface area contributed by atoms with Crippen molar-refractivity contribution >= 4 is 23.0 Å². The predicted molar refractivity (Wildman–Crippen MR) is 95.3 cm³/mol. The Bertz CT molecular complexity index is 679. The van der Waals surface area contributed by atoms with Gasteiger partial charge in [-0.2, -0.15) is 0 Å². The van der Waals surface area contributed by atoms with Gasteiger partial charge in [0.25, 0.3) is 5.69 Å². The van der Waals surface area contributed by atoms with Crippen molar-refractivity contribution in [3.05, 3.63) is 28.3 Å². The Balaban J connectivity index is 2.46. The van der Waals surface area contributed by atoms with E-state index < -0.39 is 10.5 Å². The van der Waals surface area contributed by atoms with Crippen LogP contribution >= 0.6 is 0 Å². The lowest BCUT2D eigenvalue weighted by atomic mass is 9.84. The van der Waals surface area contributed by atoms with Crippen molar-refractivity contribution in [3.63, 3.8) is 0 Å². The first-order valence-electron chi connectivity index (χ1n) is 7.99. The van der Waals surface area contributed by atoms with Gasteiger partial charge in [0.2, 0.25) is 5.91 Å². The van der Waals surface area contributed by atoms with Crippen LogP contribution in [0, 0.1) is 10.1 Å². The topological polar surface area (TPSA) is 96.3 Å². The molecule has 0 aromatic heterocycles. The summed E-state index contributed by atoms with van der Waals surface area (Å²) in [6, 6.07) is 4.60. The minimum absolute atomic E-state index is 0.0127. The SMILES string of the molecule is CC(C)(C)NC(=O)C1(C)CC(C)(C)Nc2ccc([N+](=O)[O-])cc2N1. The van der Waals surface area contributed by atoms with Crippen LogP contribution in [-0.2, 0) is 4.79 Å².